The number of hydrogen-bond donors (Lipinski definition) is 3. The number of anilines is 2. The molecule has 5 N–H and O–H groups in total. The first-order valence-corrected chi connectivity index (χ1v) is 9.24. The van der Waals surface area contributed by atoms with E-state index in [4.69, 9.17) is 23.2 Å². The largest absolute Gasteiger partial charge is 0.368 e. The second-order valence-corrected chi connectivity index (χ2v) is 7.16. The van der Waals surface area contributed by atoms with E-state index < -0.39 is 0 Å². The highest BCUT2D eigenvalue weighted by Gasteiger charge is 2.35. The van der Waals surface area contributed by atoms with E-state index in [1.165, 1.54) is 16.7 Å². The van der Waals surface area contributed by atoms with Gasteiger partial charge >= 0.3 is 0 Å². The van der Waals surface area contributed by atoms with Crippen LogP contribution in [0.4, 0.5) is 11.8 Å². The minimum absolute atomic E-state index is 0.107. The van der Waals surface area contributed by atoms with Crippen LogP contribution < -0.4 is 21.9 Å². The normalized spacial score (nSPS) is 15.7. The van der Waals surface area contributed by atoms with Gasteiger partial charge in [-0.25, -0.2) is 10.8 Å². The summed E-state index contributed by atoms with van der Waals surface area (Å²) in [5.41, 5.74) is 13.3. The van der Waals surface area contributed by atoms with E-state index in [-0.39, 0.29) is 29.3 Å². The van der Waals surface area contributed by atoms with Crippen LogP contribution in [0.1, 0.15) is 47.2 Å². The number of hydrogen-bond acceptors (Lipinski definition) is 7. The Hall–Kier alpha value is -2.45. The molecule has 0 fully saturated rings. The van der Waals surface area contributed by atoms with Gasteiger partial charge in [-0.05, 0) is 37.0 Å². The molecule has 0 aliphatic carbocycles. The summed E-state index contributed by atoms with van der Waals surface area (Å²) in [6.45, 7) is 7.42. The summed E-state index contributed by atoms with van der Waals surface area (Å²) in [5, 5.41) is 0.276. The topological polar surface area (TPSA) is 123 Å². The van der Waals surface area contributed by atoms with Crippen molar-refractivity contribution in [2.45, 2.75) is 46.1 Å². The van der Waals surface area contributed by atoms with Gasteiger partial charge in [0.25, 0.3) is 0 Å². The van der Waals surface area contributed by atoms with Gasteiger partial charge in [0, 0.05) is 30.6 Å². The zero-order chi connectivity index (χ0) is 19.7. The van der Waals surface area contributed by atoms with Gasteiger partial charge in [0.2, 0.25) is 11.9 Å². The van der Waals surface area contributed by atoms with Crippen LogP contribution in [0.3, 0.4) is 0 Å². The Morgan fingerprint density at radius 3 is 2.81 bits per heavy atom. The fourth-order valence-electron chi connectivity index (χ4n) is 3.78. The smallest absolute Gasteiger partial charge is 0.234 e. The number of rotatable bonds is 5. The first-order valence-electron chi connectivity index (χ1n) is 8.86. The van der Waals surface area contributed by atoms with Crippen molar-refractivity contribution in [1.82, 2.24) is 20.4 Å². The summed E-state index contributed by atoms with van der Waals surface area (Å²) in [6, 6.07) is 0. The monoisotopic (exact) mass is 389 g/mol. The molecular formula is C18H24ClN7O. The molecule has 27 heavy (non-hydrogen) atoms. The van der Waals surface area contributed by atoms with Crippen molar-refractivity contribution in [2.24, 2.45) is 5.84 Å². The minimum atomic E-state index is -0.265. The molecule has 3 rings (SSSR count). The third-order valence-corrected chi connectivity index (χ3v) is 5.40. The maximum absolute atomic E-state index is 11.8. The molecule has 0 saturated carbocycles. The van der Waals surface area contributed by atoms with Crippen LogP contribution in [0.25, 0.3) is 0 Å². The maximum atomic E-state index is 11.8. The van der Waals surface area contributed by atoms with E-state index >= 15 is 0 Å². The number of carbonyl (C=O) groups excluding carboxylic acids is 1. The van der Waals surface area contributed by atoms with Crippen molar-refractivity contribution < 1.29 is 4.79 Å². The van der Waals surface area contributed by atoms with Crippen LogP contribution in [0, 0.1) is 13.8 Å². The average Bonchev–Trinajstić information content (AvgIpc) is 2.95. The van der Waals surface area contributed by atoms with Crippen LogP contribution in [0.5, 0.6) is 0 Å². The minimum Gasteiger partial charge on any atom is -0.368 e. The van der Waals surface area contributed by atoms with E-state index in [1.54, 1.807) is 0 Å². The van der Waals surface area contributed by atoms with Gasteiger partial charge in [-0.3, -0.25) is 15.2 Å². The summed E-state index contributed by atoms with van der Waals surface area (Å²) in [6.07, 6.45) is 3.05. The molecule has 3 heterocycles. The second-order valence-electron chi connectivity index (χ2n) is 6.80. The van der Waals surface area contributed by atoms with E-state index in [2.05, 4.69) is 46.0 Å². The molecule has 8 nitrogen and oxygen atoms in total. The van der Waals surface area contributed by atoms with Crippen molar-refractivity contribution in [3.63, 3.8) is 0 Å². The van der Waals surface area contributed by atoms with Crippen LogP contribution in [0.15, 0.2) is 6.20 Å². The zero-order valence-electron chi connectivity index (χ0n) is 15.7. The molecule has 0 unspecified atom stereocenters. The molecule has 1 amide bonds. The fourth-order valence-corrected chi connectivity index (χ4v) is 4.10. The highest BCUT2D eigenvalue weighted by atomic mass is 35.5. The number of aryl methyl sites for hydroxylation is 1. The summed E-state index contributed by atoms with van der Waals surface area (Å²) >= 11 is 6.33. The number of nitrogens with two attached hydrogens (primary N) is 2. The number of aromatic nitrogens is 3. The number of fused-ring (bicyclic) bond motifs is 1. The van der Waals surface area contributed by atoms with E-state index in [9.17, 15) is 4.79 Å². The standard InChI is InChI=1S/C18H24ClN7O/c1-4-12-9(2)6-22-13(10(12)3)8-26-7-11(5-14(27)25-21)15-16(19)23-18(20)24-17(15)26/h6,11H,4-5,7-8,21H2,1-3H3,(H,25,27)(H2,20,23,24)/t11-/m0/s1. The van der Waals surface area contributed by atoms with Crippen molar-refractivity contribution in [3.05, 3.63) is 39.3 Å². The highest BCUT2D eigenvalue weighted by molar-refractivity contribution is 6.30. The molecule has 0 spiro atoms. The number of amides is 1. The number of pyridine rings is 1. The molecule has 9 heteroatoms. The molecule has 0 radical (unpaired) electrons. The number of halogens is 1. The molecule has 2 aromatic rings. The molecule has 2 aromatic heterocycles. The quantitative estimate of drug-likeness (QED) is 0.308. The van der Waals surface area contributed by atoms with Gasteiger partial charge in [-0.15, -0.1) is 0 Å². The predicted molar refractivity (Wildman–Crippen MR) is 105 cm³/mol. The molecule has 144 valence electrons. The summed E-state index contributed by atoms with van der Waals surface area (Å²) in [4.78, 5) is 26.9. The summed E-state index contributed by atoms with van der Waals surface area (Å²) < 4.78 is 0. The number of carbonyl (C=O) groups is 1. The van der Waals surface area contributed by atoms with E-state index in [0.29, 0.717) is 18.9 Å². The molecule has 1 aliphatic rings. The lowest BCUT2D eigenvalue weighted by Crippen LogP contribution is -2.32. The Labute approximate surface area is 163 Å². The van der Waals surface area contributed by atoms with Gasteiger partial charge in [-0.2, -0.15) is 4.98 Å². The average molecular weight is 390 g/mol. The number of hydrazine groups is 1. The molecule has 1 aliphatic heterocycles. The number of nitrogen functional groups attached to an aromatic ring is 1. The Kier molecular flexibility index (Phi) is 5.48. The van der Waals surface area contributed by atoms with Gasteiger partial charge in [0.15, 0.2) is 0 Å². The third kappa shape index (κ3) is 3.68. The van der Waals surface area contributed by atoms with Gasteiger partial charge in [-0.1, -0.05) is 18.5 Å². The van der Waals surface area contributed by atoms with Gasteiger partial charge in [0.05, 0.1) is 12.2 Å². The van der Waals surface area contributed by atoms with Crippen LogP contribution in [-0.2, 0) is 17.8 Å². The van der Waals surface area contributed by atoms with Crippen LogP contribution in [0.2, 0.25) is 5.15 Å². The fraction of sp³-hybridized carbons (Fsp3) is 0.444. The van der Waals surface area contributed by atoms with Crippen molar-refractivity contribution in [2.75, 3.05) is 17.2 Å². The van der Waals surface area contributed by atoms with Gasteiger partial charge < -0.3 is 10.6 Å². The predicted octanol–water partition coefficient (Wildman–Crippen LogP) is 1.77. The van der Waals surface area contributed by atoms with E-state index in [0.717, 1.165) is 17.7 Å². The molecule has 0 saturated heterocycles. The highest BCUT2D eigenvalue weighted by Crippen LogP contribution is 2.41. The third-order valence-electron chi connectivity index (χ3n) is 5.11. The number of nitrogens with one attached hydrogen (secondary N) is 1. The van der Waals surface area contributed by atoms with E-state index in [1.807, 2.05) is 6.20 Å². The Bertz CT molecular complexity index is 886. The SMILES string of the molecule is CCc1c(C)cnc(CN2C[C@H](CC(=O)NN)c3c(Cl)nc(N)nc32)c1C. The van der Waals surface area contributed by atoms with Crippen LogP contribution >= 0.6 is 11.6 Å². The first kappa shape index (κ1) is 19.3. The Morgan fingerprint density at radius 1 is 1.41 bits per heavy atom. The molecule has 0 aromatic carbocycles. The summed E-state index contributed by atoms with van der Waals surface area (Å²) in [7, 11) is 0. The number of nitrogens with zero attached hydrogens (tertiary/aromatic N) is 4. The summed E-state index contributed by atoms with van der Waals surface area (Å²) in [5.74, 6) is 5.59. The lowest BCUT2D eigenvalue weighted by atomic mass is 10.00. The lowest BCUT2D eigenvalue weighted by Gasteiger charge is -2.21. The maximum Gasteiger partial charge on any atom is 0.234 e. The van der Waals surface area contributed by atoms with Crippen LogP contribution in [-0.4, -0.2) is 27.4 Å². The molecule has 0 bridgehead atoms. The Balaban J connectivity index is 1.97. The Morgan fingerprint density at radius 2 is 2.15 bits per heavy atom. The van der Waals surface area contributed by atoms with Crippen molar-refractivity contribution in [1.29, 1.82) is 0 Å². The lowest BCUT2D eigenvalue weighted by molar-refractivity contribution is -0.121. The first-order chi connectivity index (χ1) is 12.8. The van der Waals surface area contributed by atoms with Gasteiger partial charge in [0.1, 0.15) is 11.0 Å². The zero-order valence-corrected chi connectivity index (χ0v) is 16.5. The van der Waals surface area contributed by atoms with Crippen molar-refractivity contribution >= 4 is 29.3 Å². The second kappa shape index (κ2) is 7.66. The van der Waals surface area contributed by atoms with Crippen molar-refractivity contribution in [3.8, 4) is 0 Å². The molecular weight excluding hydrogens is 366 g/mol. The molecule has 1 atom stereocenters.